The summed E-state index contributed by atoms with van der Waals surface area (Å²) in [6.07, 6.45) is 1.51. The molecular weight excluding hydrogens is 432 g/mol. The molecule has 0 saturated heterocycles. The highest BCUT2D eigenvalue weighted by Gasteiger charge is 2.29. The highest BCUT2D eigenvalue weighted by atomic mass is 16.5. The zero-order valence-electron chi connectivity index (χ0n) is 19.8. The van der Waals surface area contributed by atoms with Gasteiger partial charge in [-0.25, -0.2) is 4.79 Å². The number of carbonyl (C=O) groups excluding carboxylic acids is 2. The number of hydrogen-bond acceptors (Lipinski definition) is 4. The molecule has 0 radical (unpaired) electrons. The monoisotopic (exact) mass is 464 g/mol. The van der Waals surface area contributed by atoms with Crippen molar-refractivity contribution in [1.82, 2.24) is 10.6 Å². The largest absolute Gasteiger partial charge is 0.481 e. The number of ether oxygens (including phenoxy) is 1. The van der Waals surface area contributed by atoms with Gasteiger partial charge in [-0.05, 0) is 41.5 Å². The number of amides is 2. The summed E-state index contributed by atoms with van der Waals surface area (Å²) in [6.45, 7) is 5.92. The summed E-state index contributed by atoms with van der Waals surface area (Å²) in [7, 11) is 0. The number of carboxylic acids is 1. The average molecular weight is 465 g/mol. The van der Waals surface area contributed by atoms with E-state index in [-0.39, 0.29) is 37.4 Å². The van der Waals surface area contributed by atoms with Gasteiger partial charge in [0.25, 0.3) is 0 Å². The zero-order chi connectivity index (χ0) is 24.7. The van der Waals surface area contributed by atoms with Crippen molar-refractivity contribution in [3.63, 3.8) is 0 Å². The van der Waals surface area contributed by atoms with E-state index in [9.17, 15) is 19.5 Å². The van der Waals surface area contributed by atoms with Gasteiger partial charge in [-0.3, -0.25) is 9.59 Å². The summed E-state index contributed by atoms with van der Waals surface area (Å²) in [5.74, 6) is -1.71. The van der Waals surface area contributed by atoms with Gasteiger partial charge < -0.3 is 20.5 Å². The van der Waals surface area contributed by atoms with Crippen LogP contribution in [0.3, 0.4) is 0 Å². The lowest BCUT2D eigenvalue weighted by Crippen LogP contribution is -2.34. The smallest absolute Gasteiger partial charge is 0.407 e. The zero-order valence-corrected chi connectivity index (χ0v) is 19.8. The number of carbonyl (C=O) groups is 3. The van der Waals surface area contributed by atoms with E-state index < -0.39 is 18.0 Å². The van der Waals surface area contributed by atoms with E-state index in [0.29, 0.717) is 12.0 Å². The van der Waals surface area contributed by atoms with Gasteiger partial charge in [-0.2, -0.15) is 0 Å². The van der Waals surface area contributed by atoms with E-state index in [1.54, 1.807) is 13.0 Å². The highest BCUT2D eigenvalue weighted by molar-refractivity contribution is 5.93. The van der Waals surface area contributed by atoms with Gasteiger partial charge in [0.05, 0.1) is 5.92 Å². The van der Waals surface area contributed by atoms with Crippen molar-refractivity contribution in [2.75, 3.05) is 19.7 Å². The Kier molecular flexibility index (Phi) is 8.46. The number of nitrogens with one attached hydrogen (secondary N) is 2. The Hall–Kier alpha value is -3.61. The van der Waals surface area contributed by atoms with E-state index in [0.717, 1.165) is 22.3 Å². The van der Waals surface area contributed by atoms with Crippen LogP contribution in [0.5, 0.6) is 0 Å². The number of hydrogen-bond donors (Lipinski definition) is 3. The second-order valence-electron chi connectivity index (χ2n) is 8.97. The molecule has 3 rings (SSSR count). The molecule has 2 aromatic carbocycles. The summed E-state index contributed by atoms with van der Waals surface area (Å²) in [5.41, 5.74) is 5.00. The highest BCUT2D eigenvalue weighted by Crippen LogP contribution is 2.44. The Morgan fingerprint density at radius 2 is 1.59 bits per heavy atom. The van der Waals surface area contributed by atoms with Crippen molar-refractivity contribution in [2.24, 2.45) is 11.8 Å². The number of alkyl carbamates (subject to hydrolysis) is 1. The van der Waals surface area contributed by atoms with Crippen LogP contribution in [0.1, 0.15) is 44.2 Å². The fraction of sp³-hybridized carbons (Fsp3) is 0.370. The van der Waals surface area contributed by atoms with Crippen LogP contribution in [0.25, 0.3) is 11.1 Å². The topological polar surface area (TPSA) is 105 Å². The quantitative estimate of drug-likeness (QED) is 0.454. The summed E-state index contributed by atoms with van der Waals surface area (Å²) in [6, 6.07) is 16.2. The molecule has 0 fully saturated rings. The molecule has 1 unspecified atom stereocenters. The van der Waals surface area contributed by atoms with Crippen molar-refractivity contribution in [3.8, 4) is 11.1 Å². The van der Waals surface area contributed by atoms with E-state index in [4.69, 9.17) is 4.74 Å². The summed E-state index contributed by atoms with van der Waals surface area (Å²) < 4.78 is 5.48. The van der Waals surface area contributed by atoms with Crippen molar-refractivity contribution in [1.29, 1.82) is 0 Å². The van der Waals surface area contributed by atoms with Gasteiger partial charge in [0, 0.05) is 24.6 Å². The molecule has 0 aromatic heterocycles. The molecule has 2 amide bonds. The van der Waals surface area contributed by atoms with Crippen LogP contribution in [0.15, 0.2) is 60.2 Å². The summed E-state index contributed by atoms with van der Waals surface area (Å²) in [5, 5.41) is 14.6. The van der Waals surface area contributed by atoms with Crippen molar-refractivity contribution in [3.05, 3.63) is 71.3 Å². The van der Waals surface area contributed by atoms with Gasteiger partial charge in [-0.15, -0.1) is 0 Å². The Morgan fingerprint density at radius 1 is 1.00 bits per heavy atom. The van der Waals surface area contributed by atoms with E-state index in [2.05, 4.69) is 34.9 Å². The lowest BCUT2D eigenvalue weighted by atomic mass is 9.97. The van der Waals surface area contributed by atoms with Crippen LogP contribution >= 0.6 is 0 Å². The molecule has 2 aromatic rings. The number of aliphatic carboxylic acids is 1. The van der Waals surface area contributed by atoms with Crippen LogP contribution in [-0.4, -0.2) is 42.8 Å². The Bertz CT molecular complexity index is 1030. The van der Waals surface area contributed by atoms with Gasteiger partial charge in [0.2, 0.25) is 5.91 Å². The van der Waals surface area contributed by atoms with Crippen LogP contribution < -0.4 is 10.6 Å². The lowest BCUT2D eigenvalue weighted by molar-refractivity contribution is -0.142. The van der Waals surface area contributed by atoms with Crippen molar-refractivity contribution in [2.45, 2.75) is 33.1 Å². The molecule has 0 aliphatic heterocycles. The maximum absolute atomic E-state index is 12.2. The first-order valence-electron chi connectivity index (χ1n) is 11.5. The molecule has 1 aliphatic rings. The summed E-state index contributed by atoms with van der Waals surface area (Å²) >= 11 is 0. The molecule has 1 aliphatic carbocycles. The predicted octanol–water partition coefficient (Wildman–Crippen LogP) is 4.33. The van der Waals surface area contributed by atoms with E-state index in [1.807, 2.05) is 38.1 Å². The Balaban J connectivity index is 1.47. The molecule has 34 heavy (non-hydrogen) atoms. The third kappa shape index (κ3) is 6.25. The van der Waals surface area contributed by atoms with Crippen LogP contribution in [0.2, 0.25) is 0 Å². The van der Waals surface area contributed by atoms with Crippen molar-refractivity contribution < 1.29 is 24.2 Å². The van der Waals surface area contributed by atoms with Gasteiger partial charge >= 0.3 is 12.1 Å². The molecule has 1 atom stereocenters. The Labute approximate surface area is 200 Å². The third-order valence-corrected chi connectivity index (χ3v) is 5.97. The fourth-order valence-corrected chi connectivity index (χ4v) is 4.23. The SMILES string of the molecule is C/C(=C\CNC(=O)OCC1c2ccccc2-c2ccccc21)C(=O)NCC(CC(C)C)C(=O)O. The maximum atomic E-state index is 12.2. The van der Waals surface area contributed by atoms with Gasteiger partial charge in [0.1, 0.15) is 6.61 Å². The number of fused-ring (bicyclic) bond motifs is 3. The normalized spacial score (nSPS) is 13.7. The standard InChI is InChI=1S/C27H32N2O5/c1-17(2)14-19(26(31)32)15-29-25(30)18(3)12-13-28-27(33)34-16-24-22-10-6-4-8-20(22)21-9-5-7-11-23(21)24/h4-12,17,19,24H,13-16H2,1-3H3,(H,28,33)(H,29,30)(H,31,32)/b18-12+. The number of benzene rings is 2. The summed E-state index contributed by atoms with van der Waals surface area (Å²) in [4.78, 5) is 35.8. The first kappa shape index (κ1) is 25.0. The minimum absolute atomic E-state index is 0.0192. The molecule has 0 saturated carbocycles. The fourth-order valence-electron chi connectivity index (χ4n) is 4.23. The van der Waals surface area contributed by atoms with Gasteiger partial charge in [0.15, 0.2) is 0 Å². The van der Waals surface area contributed by atoms with Crippen LogP contribution in [0, 0.1) is 11.8 Å². The van der Waals surface area contributed by atoms with E-state index in [1.165, 1.54) is 0 Å². The molecule has 7 heteroatoms. The third-order valence-electron chi connectivity index (χ3n) is 5.97. The Morgan fingerprint density at radius 3 is 2.15 bits per heavy atom. The minimum Gasteiger partial charge on any atom is -0.481 e. The molecule has 0 spiro atoms. The molecule has 0 heterocycles. The molecule has 3 N–H and O–H groups in total. The number of carboxylic acid groups (broad SMARTS) is 1. The second-order valence-corrected chi connectivity index (χ2v) is 8.97. The predicted molar refractivity (Wildman–Crippen MR) is 130 cm³/mol. The minimum atomic E-state index is -0.924. The van der Waals surface area contributed by atoms with Crippen molar-refractivity contribution >= 4 is 18.0 Å². The molecule has 0 bridgehead atoms. The average Bonchev–Trinajstić information content (AvgIpc) is 3.13. The maximum Gasteiger partial charge on any atom is 0.407 e. The van der Waals surface area contributed by atoms with E-state index >= 15 is 0 Å². The van der Waals surface area contributed by atoms with Gasteiger partial charge in [-0.1, -0.05) is 68.5 Å². The molecule has 180 valence electrons. The molecule has 7 nitrogen and oxygen atoms in total. The second kappa shape index (κ2) is 11.5. The molecular formula is C27H32N2O5. The lowest BCUT2D eigenvalue weighted by Gasteiger charge is -2.15. The van der Waals surface area contributed by atoms with Crippen LogP contribution in [0.4, 0.5) is 4.79 Å². The first-order valence-corrected chi connectivity index (χ1v) is 11.5. The first-order chi connectivity index (χ1) is 16.3. The van der Waals surface area contributed by atoms with Crippen LogP contribution in [-0.2, 0) is 14.3 Å². The number of rotatable bonds is 10.